The molecule has 2 aromatic rings. The number of allylic oxidation sites excluding steroid dienone is 2. The van der Waals surface area contributed by atoms with Gasteiger partial charge in [-0.05, 0) is 36.6 Å². The molecule has 2 heterocycles. The molecule has 1 aliphatic rings. The lowest BCUT2D eigenvalue weighted by Gasteiger charge is -2.28. The largest absolute Gasteiger partial charge is 0.478 e. The normalized spacial score (nSPS) is 15.0. The summed E-state index contributed by atoms with van der Waals surface area (Å²) >= 11 is 0. The lowest BCUT2D eigenvalue weighted by Crippen LogP contribution is -2.30. The van der Waals surface area contributed by atoms with Crippen LogP contribution in [0.2, 0.25) is 0 Å². The van der Waals surface area contributed by atoms with Crippen molar-refractivity contribution in [3.05, 3.63) is 76.9 Å². The van der Waals surface area contributed by atoms with Crippen LogP contribution in [0, 0.1) is 0 Å². The van der Waals surface area contributed by atoms with Crippen molar-refractivity contribution in [3.8, 4) is 11.1 Å². The topological polar surface area (TPSA) is 99.5 Å². The standard InChI is InChI=1S/C20H18N2O4/c1-11-16(19(23)24)18(17(20(25)26)12(2)22-11)14-7-5-13(6-8-14)15-4-3-9-21-10-15/h3-10,18,22H,1-2H3,(H,23,24)(H,25,26). The van der Waals surface area contributed by atoms with Crippen LogP contribution in [0.5, 0.6) is 0 Å². The maximum atomic E-state index is 11.8. The van der Waals surface area contributed by atoms with Crippen molar-refractivity contribution in [2.75, 3.05) is 0 Å². The van der Waals surface area contributed by atoms with Gasteiger partial charge in [0.05, 0.1) is 17.1 Å². The molecule has 3 rings (SSSR count). The third kappa shape index (κ3) is 3.09. The monoisotopic (exact) mass is 350 g/mol. The van der Waals surface area contributed by atoms with E-state index in [2.05, 4.69) is 10.3 Å². The van der Waals surface area contributed by atoms with Crippen molar-refractivity contribution < 1.29 is 19.8 Å². The number of carbonyl (C=O) groups is 2. The first-order valence-electron chi connectivity index (χ1n) is 8.05. The van der Waals surface area contributed by atoms with Gasteiger partial charge in [-0.25, -0.2) is 9.59 Å². The number of nitrogens with one attached hydrogen (secondary N) is 1. The van der Waals surface area contributed by atoms with E-state index in [-0.39, 0.29) is 11.1 Å². The first-order chi connectivity index (χ1) is 12.4. The smallest absolute Gasteiger partial charge is 0.334 e. The first kappa shape index (κ1) is 17.4. The number of rotatable bonds is 4. The highest BCUT2D eigenvalue weighted by Crippen LogP contribution is 2.38. The van der Waals surface area contributed by atoms with E-state index in [1.54, 1.807) is 38.4 Å². The van der Waals surface area contributed by atoms with Gasteiger partial charge < -0.3 is 15.5 Å². The number of dihydropyridines is 1. The number of carboxylic acid groups (broad SMARTS) is 2. The summed E-state index contributed by atoms with van der Waals surface area (Å²) < 4.78 is 0. The molecule has 0 amide bonds. The zero-order chi connectivity index (χ0) is 18.8. The summed E-state index contributed by atoms with van der Waals surface area (Å²) in [5.41, 5.74) is 3.45. The number of carboxylic acids is 2. The highest BCUT2D eigenvalue weighted by Gasteiger charge is 2.36. The lowest BCUT2D eigenvalue weighted by atomic mass is 9.80. The summed E-state index contributed by atoms with van der Waals surface area (Å²) in [6.07, 6.45) is 3.42. The molecule has 1 aromatic heterocycles. The number of hydrogen-bond acceptors (Lipinski definition) is 4. The molecule has 0 saturated heterocycles. The van der Waals surface area contributed by atoms with Gasteiger partial charge in [0.25, 0.3) is 0 Å². The Morgan fingerprint density at radius 2 is 1.50 bits per heavy atom. The molecule has 6 nitrogen and oxygen atoms in total. The van der Waals surface area contributed by atoms with Gasteiger partial charge in [-0.1, -0.05) is 30.3 Å². The van der Waals surface area contributed by atoms with Crippen molar-refractivity contribution >= 4 is 11.9 Å². The van der Waals surface area contributed by atoms with Gasteiger partial charge in [0.1, 0.15) is 0 Å². The van der Waals surface area contributed by atoms with E-state index >= 15 is 0 Å². The van der Waals surface area contributed by atoms with Crippen LogP contribution in [0.1, 0.15) is 25.3 Å². The highest BCUT2D eigenvalue weighted by molar-refractivity contribution is 5.98. The summed E-state index contributed by atoms with van der Waals surface area (Å²) in [6.45, 7) is 3.28. The predicted molar refractivity (Wildman–Crippen MR) is 96.2 cm³/mol. The summed E-state index contributed by atoms with van der Waals surface area (Å²) in [7, 11) is 0. The van der Waals surface area contributed by atoms with E-state index in [1.807, 2.05) is 24.3 Å². The maximum Gasteiger partial charge on any atom is 0.334 e. The van der Waals surface area contributed by atoms with Crippen LogP contribution < -0.4 is 5.32 Å². The molecule has 0 unspecified atom stereocenters. The fraction of sp³-hybridized carbons (Fsp3) is 0.150. The maximum absolute atomic E-state index is 11.8. The molecule has 0 aliphatic carbocycles. The molecule has 1 aromatic carbocycles. The molecule has 132 valence electrons. The average molecular weight is 350 g/mol. The minimum atomic E-state index is -1.14. The van der Waals surface area contributed by atoms with Crippen molar-refractivity contribution in [2.45, 2.75) is 19.8 Å². The van der Waals surface area contributed by atoms with Crippen LogP contribution in [-0.2, 0) is 9.59 Å². The Morgan fingerprint density at radius 1 is 0.923 bits per heavy atom. The number of nitrogens with zero attached hydrogens (tertiary/aromatic N) is 1. The number of hydrogen-bond donors (Lipinski definition) is 3. The predicted octanol–water partition coefficient (Wildman–Crippen LogP) is 3.15. The SMILES string of the molecule is CC1=C(C(=O)O)C(c2ccc(-c3cccnc3)cc2)C(C(=O)O)=C(C)N1. The molecular weight excluding hydrogens is 332 g/mol. The second-order valence-corrected chi connectivity index (χ2v) is 6.11. The van der Waals surface area contributed by atoms with Gasteiger partial charge in [-0.3, -0.25) is 4.98 Å². The Bertz CT molecular complexity index is 892. The Hall–Kier alpha value is -3.41. The average Bonchev–Trinajstić information content (AvgIpc) is 2.61. The van der Waals surface area contributed by atoms with Gasteiger partial charge in [0.2, 0.25) is 0 Å². The summed E-state index contributed by atoms with van der Waals surface area (Å²) in [5, 5.41) is 22.1. The Morgan fingerprint density at radius 3 is 1.96 bits per heavy atom. The number of aromatic nitrogens is 1. The second-order valence-electron chi connectivity index (χ2n) is 6.11. The fourth-order valence-corrected chi connectivity index (χ4v) is 3.30. The zero-order valence-electron chi connectivity index (χ0n) is 14.4. The Kier molecular flexibility index (Phi) is 4.58. The summed E-state index contributed by atoms with van der Waals surface area (Å²) in [5.74, 6) is -3.11. The molecule has 0 fully saturated rings. The van der Waals surface area contributed by atoms with Crippen molar-refractivity contribution in [2.24, 2.45) is 0 Å². The third-order valence-corrected chi connectivity index (χ3v) is 4.46. The Labute approximate surface area is 150 Å². The van der Waals surface area contributed by atoms with E-state index in [4.69, 9.17) is 0 Å². The van der Waals surface area contributed by atoms with E-state index in [1.165, 1.54) is 0 Å². The molecule has 6 heteroatoms. The summed E-state index contributed by atoms with van der Waals surface area (Å²) in [4.78, 5) is 27.7. The minimum Gasteiger partial charge on any atom is -0.478 e. The van der Waals surface area contributed by atoms with Crippen LogP contribution in [0.15, 0.2) is 71.3 Å². The molecule has 0 radical (unpaired) electrons. The van der Waals surface area contributed by atoms with Gasteiger partial charge in [-0.2, -0.15) is 0 Å². The van der Waals surface area contributed by atoms with Gasteiger partial charge in [0.15, 0.2) is 0 Å². The van der Waals surface area contributed by atoms with Gasteiger partial charge >= 0.3 is 11.9 Å². The van der Waals surface area contributed by atoms with Crippen LogP contribution in [0.25, 0.3) is 11.1 Å². The molecule has 0 atom stereocenters. The second kappa shape index (κ2) is 6.84. The van der Waals surface area contributed by atoms with Crippen molar-refractivity contribution in [1.82, 2.24) is 10.3 Å². The van der Waals surface area contributed by atoms with E-state index in [9.17, 15) is 19.8 Å². The van der Waals surface area contributed by atoms with Crippen molar-refractivity contribution in [1.29, 1.82) is 0 Å². The van der Waals surface area contributed by atoms with E-state index in [0.29, 0.717) is 17.0 Å². The molecule has 1 aliphatic heterocycles. The third-order valence-electron chi connectivity index (χ3n) is 4.46. The summed E-state index contributed by atoms with van der Waals surface area (Å²) in [6, 6.07) is 11.0. The number of pyridine rings is 1. The molecule has 0 saturated carbocycles. The van der Waals surface area contributed by atoms with Crippen LogP contribution >= 0.6 is 0 Å². The molecule has 26 heavy (non-hydrogen) atoms. The van der Waals surface area contributed by atoms with Crippen LogP contribution in [0.3, 0.4) is 0 Å². The zero-order valence-corrected chi connectivity index (χ0v) is 14.4. The van der Waals surface area contributed by atoms with Crippen LogP contribution in [-0.4, -0.2) is 27.1 Å². The van der Waals surface area contributed by atoms with Crippen LogP contribution in [0.4, 0.5) is 0 Å². The fourth-order valence-electron chi connectivity index (χ4n) is 3.30. The minimum absolute atomic E-state index is 0.0436. The van der Waals surface area contributed by atoms with Crippen molar-refractivity contribution in [3.63, 3.8) is 0 Å². The molecular formula is C20H18N2O4. The van der Waals surface area contributed by atoms with Gasteiger partial charge in [0, 0.05) is 23.8 Å². The first-order valence-corrected chi connectivity index (χ1v) is 8.05. The molecule has 0 spiro atoms. The molecule has 0 bridgehead atoms. The molecule has 3 N–H and O–H groups in total. The van der Waals surface area contributed by atoms with E-state index in [0.717, 1.165) is 11.1 Å². The quantitative estimate of drug-likeness (QED) is 0.783. The number of aliphatic carboxylic acids is 2. The number of benzene rings is 1. The Balaban J connectivity index is 2.10. The highest BCUT2D eigenvalue weighted by atomic mass is 16.4. The van der Waals surface area contributed by atoms with Gasteiger partial charge in [-0.15, -0.1) is 0 Å². The lowest BCUT2D eigenvalue weighted by molar-refractivity contribution is -0.133. The van der Waals surface area contributed by atoms with E-state index < -0.39 is 17.9 Å².